The molecular formula is C12H14N2O5. The predicted octanol–water partition coefficient (Wildman–Crippen LogP) is 0.317. The van der Waals surface area contributed by atoms with Crippen LogP contribution >= 0.6 is 0 Å². The minimum Gasteiger partial charge on any atom is -0.481 e. The molecule has 0 fully saturated rings. The number of anilines is 1. The number of hydrogen-bond acceptors (Lipinski definition) is 4. The average Bonchev–Trinajstić information content (AvgIpc) is 2.44. The summed E-state index contributed by atoms with van der Waals surface area (Å²) in [5, 5.41) is 19.6. The lowest BCUT2D eigenvalue weighted by atomic mass is 10.1. The molecule has 0 saturated heterocycles. The van der Waals surface area contributed by atoms with Crippen LogP contribution in [0.25, 0.3) is 0 Å². The van der Waals surface area contributed by atoms with Gasteiger partial charge in [-0.15, -0.1) is 0 Å². The monoisotopic (exact) mass is 270 g/mol. The van der Waals surface area contributed by atoms with E-state index in [1.165, 1.54) is 24.3 Å². The predicted molar refractivity (Wildman–Crippen MR) is 66.6 cm³/mol. The van der Waals surface area contributed by atoms with E-state index >= 15 is 0 Å². The molecule has 0 radical (unpaired) electrons. The second-order valence-corrected chi connectivity index (χ2v) is 3.44. The quantitative estimate of drug-likeness (QED) is 0.551. The molecule has 0 bridgehead atoms. The third-order valence-corrected chi connectivity index (χ3v) is 2.02. The minimum atomic E-state index is -3.54. The van der Waals surface area contributed by atoms with Crippen LogP contribution < -0.4 is 11.1 Å². The highest BCUT2D eigenvalue weighted by Gasteiger charge is 2.21. The number of nitrogen functional groups attached to an aromatic ring is 1. The maximum absolute atomic E-state index is 12.0. The fourth-order valence-electron chi connectivity index (χ4n) is 1.14. The van der Waals surface area contributed by atoms with Crippen LogP contribution in [0.5, 0.6) is 0 Å². The Morgan fingerprint density at radius 3 is 2.32 bits per heavy atom. The van der Waals surface area contributed by atoms with Crippen molar-refractivity contribution in [3.8, 4) is 0 Å². The van der Waals surface area contributed by atoms with Crippen molar-refractivity contribution in [1.82, 2.24) is 5.32 Å². The van der Waals surface area contributed by atoms with E-state index in [0.717, 1.165) is 0 Å². The standard InChI is InChI=1S/C12H14N2O5/c13-8-3-1-7(2-4-8)11(17)14-9(12(18)19)5-6-10(15)16/h1-4,9H,5-6,13H2,(H,14,17)(H,15,16)(H,18,19)/i1+0,2+0,3+0,4+0,5D2,6D2,7+0,8+0. The summed E-state index contributed by atoms with van der Waals surface area (Å²) in [7, 11) is 0. The van der Waals surface area contributed by atoms with Crippen LogP contribution in [0.15, 0.2) is 24.3 Å². The number of benzene rings is 1. The van der Waals surface area contributed by atoms with E-state index in [9.17, 15) is 14.4 Å². The molecule has 7 nitrogen and oxygen atoms in total. The van der Waals surface area contributed by atoms with Gasteiger partial charge in [0.05, 0.1) is 0 Å². The minimum absolute atomic E-state index is 0.0443. The molecule has 1 rings (SSSR count). The number of nitrogens with two attached hydrogens (primary N) is 1. The van der Waals surface area contributed by atoms with E-state index in [1.54, 1.807) is 5.32 Å². The zero-order valence-corrected chi connectivity index (χ0v) is 9.58. The number of rotatable bonds is 6. The van der Waals surface area contributed by atoms with Gasteiger partial charge in [0.15, 0.2) is 0 Å². The smallest absolute Gasteiger partial charge is 0.326 e. The average molecular weight is 270 g/mol. The molecule has 0 aliphatic carbocycles. The van der Waals surface area contributed by atoms with E-state index in [2.05, 4.69) is 0 Å². The van der Waals surface area contributed by atoms with Gasteiger partial charge in [-0.3, -0.25) is 9.59 Å². The molecule has 102 valence electrons. The fourth-order valence-corrected chi connectivity index (χ4v) is 1.14. The largest absolute Gasteiger partial charge is 0.481 e. The molecule has 0 aliphatic rings. The van der Waals surface area contributed by atoms with Crippen molar-refractivity contribution >= 4 is 23.5 Å². The first-order valence-corrected chi connectivity index (χ1v) is 5.04. The number of aliphatic carboxylic acids is 2. The highest BCUT2D eigenvalue weighted by molar-refractivity contribution is 5.96. The number of carboxylic acid groups (broad SMARTS) is 2. The molecule has 5 N–H and O–H groups in total. The molecule has 0 saturated carbocycles. The highest BCUT2D eigenvalue weighted by atomic mass is 16.4. The summed E-state index contributed by atoms with van der Waals surface area (Å²) in [6, 6.07) is 2.81. The summed E-state index contributed by atoms with van der Waals surface area (Å²) >= 11 is 0. The van der Waals surface area contributed by atoms with E-state index < -0.39 is 36.6 Å². The van der Waals surface area contributed by atoms with Gasteiger partial charge in [0, 0.05) is 23.1 Å². The molecule has 19 heavy (non-hydrogen) atoms. The van der Waals surface area contributed by atoms with Crippen molar-refractivity contribution < 1.29 is 30.1 Å². The Morgan fingerprint density at radius 2 is 1.84 bits per heavy atom. The normalized spacial score (nSPS) is 16.2. The Hall–Kier alpha value is -2.57. The lowest BCUT2D eigenvalue weighted by Gasteiger charge is -2.13. The van der Waals surface area contributed by atoms with Crippen molar-refractivity contribution in [1.29, 1.82) is 0 Å². The van der Waals surface area contributed by atoms with Crippen molar-refractivity contribution in [2.24, 2.45) is 0 Å². The summed E-state index contributed by atoms with van der Waals surface area (Å²) < 4.78 is 29.6. The Bertz CT molecular complexity index is 633. The zero-order valence-electron chi connectivity index (χ0n) is 13.6. The van der Waals surface area contributed by atoms with E-state index in [1.807, 2.05) is 0 Å². The number of carbonyl (C=O) groups excluding carboxylic acids is 1. The number of nitrogens with one attached hydrogen (secondary N) is 1. The molecule has 1 unspecified atom stereocenters. The number of carboxylic acids is 2. The van der Waals surface area contributed by atoms with Crippen molar-refractivity contribution in [2.45, 2.75) is 18.8 Å². The number of amides is 1. The van der Waals surface area contributed by atoms with Crippen LogP contribution in [0, 0.1) is 0 Å². The molecule has 0 spiro atoms. The molecule has 1 amide bonds. The maximum Gasteiger partial charge on any atom is 0.326 e. The zero-order chi connectivity index (χ0) is 18.0. The van der Waals surface area contributed by atoms with Crippen molar-refractivity contribution in [3.63, 3.8) is 0 Å². The van der Waals surface area contributed by atoms with Crippen LogP contribution in [-0.2, 0) is 9.59 Å². The second kappa shape index (κ2) is 6.39. The Labute approximate surface area is 114 Å². The summed E-state index contributed by atoms with van der Waals surface area (Å²) in [6.45, 7) is 0. The Kier molecular flexibility index (Phi) is 3.15. The summed E-state index contributed by atoms with van der Waals surface area (Å²) in [4.78, 5) is 34.0. The number of hydrogen-bond donors (Lipinski definition) is 4. The Balaban J connectivity index is 3.13. The molecule has 0 aromatic heterocycles. The molecule has 0 aliphatic heterocycles. The van der Waals surface area contributed by atoms with Gasteiger partial charge in [0.2, 0.25) is 0 Å². The molecule has 1 aromatic rings. The topological polar surface area (TPSA) is 130 Å². The summed E-state index contributed by atoms with van der Waals surface area (Å²) in [6.07, 6.45) is -6.95. The number of carbonyl (C=O) groups is 3. The van der Waals surface area contributed by atoms with Gasteiger partial charge in [-0.05, 0) is 30.6 Å². The van der Waals surface area contributed by atoms with Gasteiger partial charge < -0.3 is 21.3 Å². The van der Waals surface area contributed by atoms with Crippen LogP contribution in [0.2, 0.25) is 0 Å². The third-order valence-electron chi connectivity index (χ3n) is 2.02. The van der Waals surface area contributed by atoms with Crippen molar-refractivity contribution in [2.75, 3.05) is 5.73 Å². The fraction of sp³-hybridized carbons (Fsp3) is 0.250. The SMILES string of the molecule is [2H]C([2H])(C(=O)O)C([2H])([2H])C(NC(=O)[12c]1[12cH][12cH][12c](N)[12cH][12cH]1)C(=O)O. The van der Waals surface area contributed by atoms with Crippen LogP contribution in [-0.4, -0.2) is 34.1 Å². The van der Waals surface area contributed by atoms with Crippen LogP contribution in [0.3, 0.4) is 0 Å². The second-order valence-electron chi connectivity index (χ2n) is 3.44. The lowest BCUT2D eigenvalue weighted by Crippen LogP contribution is -2.41. The highest BCUT2D eigenvalue weighted by Crippen LogP contribution is 2.06. The van der Waals surface area contributed by atoms with Crippen LogP contribution in [0.4, 0.5) is 5.69 Å². The van der Waals surface area contributed by atoms with Crippen LogP contribution in [0.1, 0.15) is 28.6 Å². The molecule has 1 atom stereocenters. The first-order valence-electron chi connectivity index (χ1n) is 7.04. The van der Waals surface area contributed by atoms with Gasteiger partial charge >= 0.3 is 11.9 Å². The van der Waals surface area contributed by atoms with Gasteiger partial charge in [-0.2, -0.15) is 0 Å². The van der Waals surface area contributed by atoms with Gasteiger partial charge in [-0.1, -0.05) is 0 Å². The first kappa shape index (κ1) is 9.37. The van der Waals surface area contributed by atoms with Crippen molar-refractivity contribution in [3.05, 3.63) is 29.8 Å². The summed E-state index contributed by atoms with van der Waals surface area (Å²) in [5.74, 6) is -5.11. The van der Waals surface area contributed by atoms with E-state index in [-0.39, 0.29) is 5.56 Å². The molecule has 0 heterocycles. The molecular weight excluding hydrogens is 252 g/mol. The Morgan fingerprint density at radius 1 is 1.26 bits per heavy atom. The lowest BCUT2D eigenvalue weighted by molar-refractivity contribution is -0.140. The van der Waals surface area contributed by atoms with Gasteiger partial charge in [0.25, 0.3) is 5.91 Å². The van der Waals surface area contributed by atoms with E-state index in [0.29, 0.717) is 5.69 Å². The third kappa shape index (κ3) is 4.66. The summed E-state index contributed by atoms with van der Waals surface area (Å²) in [5.41, 5.74) is 5.73. The van der Waals surface area contributed by atoms with E-state index in [4.69, 9.17) is 21.4 Å². The van der Waals surface area contributed by atoms with Gasteiger partial charge in [-0.25, -0.2) is 4.79 Å². The maximum atomic E-state index is 12.0. The first-order chi connectivity index (χ1) is 10.4. The molecule has 7 heteroatoms. The van der Waals surface area contributed by atoms with Gasteiger partial charge in [0.1, 0.15) is 6.04 Å². The molecule has 1 aromatic carbocycles.